The van der Waals surface area contributed by atoms with E-state index in [2.05, 4.69) is 6.92 Å². The smallest absolute Gasteiger partial charge is 0.305 e. The molecule has 2 N–H and O–H groups in total. The highest BCUT2D eigenvalue weighted by Gasteiger charge is 2.04. The highest BCUT2D eigenvalue weighted by Crippen LogP contribution is 2.14. The first kappa shape index (κ1) is 27.9. The van der Waals surface area contributed by atoms with E-state index in [0.717, 1.165) is 51.4 Å². The third kappa shape index (κ3) is 23.0. The van der Waals surface area contributed by atoms with Crippen LogP contribution in [0.5, 0.6) is 0 Å². The van der Waals surface area contributed by atoms with Crippen LogP contribution in [0.1, 0.15) is 129 Å². The molecule has 0 saturated carbocycles. The Kier molecular flexibility index (Phi) is 20.8. The van der Waals surface area contributed by atoms with Crippen LogP contribution >= 0.6 is 0 Å². The van der Waals surface area contributed by atoms with Gasteiger partial charge in [0.05, 0.1) is 12.7 Å². The highest BCUT2D eigenvalue weighted by molar-refractivity contribution is 5.69. The fourth-order valence-corrected chi connectivity index (χ4v) is 3.47. The molecule has 0 radical (unpaired) electrons. The molecule has 0 aliphatic heterocycles. The van der Waals surface area contributed by atoms with Crippen molar-refractivity contribution in [1.82, 2.24) is 0 Å². The first-order valence-corrected chi connectivity index (χ1v) is 12.1. The van der Waals surface area contributed by atoms with E-state index >= 15 is 0 Å². The van der Waals surface area contributed by atoms with Crippen molar-refractivity contribution in [3.05, 3.63) is 0 Å². The van der Waals surface area contributed by atoms with E-state index in [-0.39, 0.29) is 18.5 Å². The Labute approximate surface area is 178 Å². The van der Waals surface area contributed by atoms with Crippen molar-refractivity contribution < 1.29 is 24.5 Å². The van der Waals surface area contributed by atoms with Crippen molar-refractivity contribution >= 4 is 11.9 Å². The fraction of sp³-hybridized carbons (Fsp3) is 0.917. The van der Waals surface area contributed by atoms with Crippen LogP contribution in [-0.2, 0) is 14.3 Å². The monoisotopic (exact) mass is 414 g/mol. The van der Waals surface area contributed by atoms with Crippen LogP contribution in [0.15, 0.2) is 0 Å². The highest BCUT2D eigenvalue weighted by atomic mass is 16.5. The summed E-state index contributed by atoms with van der Waals surface area (Å²) in [5.41, 5.74) is 0. The molecule has 0 amide bonds. The largest absolute Gasteiger partial charge is 0.481 e. The van der Waals surface area contributed by atoms with Gasteiger partial charge in [0, 0.05) is 12.8 Å². The number of unbranched alkanes of at least 4 members (excludes halogenated alkanes) is 12. The zero-order valence-electron chi connectivity index (χ0n) is 18.8. The van der Waals surface area contributed by atoms with Gasteiger partial charge in [0.1, 0.15) is 0 Å². The average molecular weight is 415 g/mol. The van der Waals surface area contributed by atoms with E-state index in [1.807, 2.05) is 0 Å². The van der Waals surface area contributed by atoms with Gasteiger partial charge in [-0.05, 0) is 38.5 Å². The van der Waals surface area contributed by atoms with Gasteiger partial charge in [-0.1, -0.05) is 77.6 Å². The SMILES string of the molecule is CCCCCCC(O)CCCCCCCCCCC(=O)OCCCCCC(=O)O. The fourth-order valence-electron chi connectivity index (χ4n) is 3.47. The van der Waals surface area contributed by atoms with Crippen LogP contribution in [-0.4, -0.2) is 34.9 Å². The minimum Gasteiger partial charge on any atom is -0.481 e. The quantitative estimate of drug-likeness (QED) is 0.158. The number of aliphatic carboxylic acids is 1. The number of hydrogen-bond acceptors (Lipinski definition) is 4. The second-order valence-electron chi connectivity index (χ2n) is 8.30. The van der Waals surface area contributed by atoms with E-state index in [9.17, 15) is 14.7 Å². The van der Waals surface area contributed by atoms with Gasteiger partial charge < -0.3 is 14.9 Å². The molecule has 0 heterocycles. The molecule has 0 spiro atoms. The predicted octanol–water partition coefficient (Wildman–Crippen LogP) is 6.41. The maximum atomic E-state index is 11.6. The topological polar surface area (TPSA) is 83.8 Å². The molecule has 0 fully saturated rings. The van der Waals surface area contributed by atoms with Crippen LogP contribution in [0.2, 0.25) is 0 Å². The summed E-state index contributed by atoms with van der Waals surface area (Å²) >= 11 is 0. The second kappa shape index (κ2) is 21.6. The Bertz CT molecular complexity index is 383. The molecule has 29 heavy (non-hydrogen) atoms. The molecule has 0 saturated heterocycles. The third-order valence-electron chi connectivity index (χ3n) is 5.36. The van der Waals surface area contributed by atoms with Crippen LogP contribution in [0, 0.1) is 0 Å². The molecule has 0 rings (SSSR count). The Morgan fingerprint density at radius 3 is 1.76 bits per heavy atom. The zero-order chi connectivity index (χ0) is 21.6. The number of aliphatic hydroxyl groups excluding tert-OH is 1. The number of rotatable bonds is 22. The molecule has 0 aliphatic rings. The van der Waals surface area contributed by atoms with Crippen LogP contribution < -0.4 is 0 Å². The second-order valence-corrected chi connectivity index (χ2v) is 8.30. The summed E-state index contributed by atoms with van der Waals surface area (Å²) in [7, 11) is 0. The lowest BCUT2D eigenvalue weighted by Gasteiger charge is -2.10. The Morgan fingerprint density at radius 1 is 0.690 bits per heavy atom. The number of hydrogen-bond donors (Lipinski definition) is 2. The normalized spacial score (nSPS) is 12.1. The molecule has 5 nitrogen and oxygen atoms in total. The molecule has 0 bridgehead atoms. The van der Waals surface area contributed by atoms with Gasteiger partial charge in [-0.25, -0.2) is 0 Å². The van der Waals surface area contributed by atoms with Gasteiger partial charge in [-0.2, -0.15) is 0 Å². The predicted molar refractivity (Wildman–Crippen MR) is 118 cm³/mol. The number of carboxylic acids is 1. The van der Waals surface area contributed by atoms with E-state index < -0.39 is 5.97 Å². The number of esters is 1. The summed E-state index contributed by atoms with van der Waals surface area (Å²) < 4.78 is 5.17. The molecule has 1 unspecified atom stereocenters. The lowest BCUT2D eigenvalue weighted by Crippen LogP contribution is -2.06. The van der Waals surface area contributed by atoms with Crippen molar-refractivity contribution in [1.29, 1.82) is 0 Å². The van der Waals surface area contributed by atoms with Crippen LogP contribution in [0.4, 0.5) is 0 Å². The van der Waals surface area contributed by atoms with Gasteiger partial charge in [0.15, 0.2) is 0 Å². The molecular weight excluding hydrogens is 368 g/mol. The lowest BCUT2D eigenvalue weighted by atomic mass is 10.0. The van der Waals surface area contributed by atoms with Gasteiger partial charge >= 0.3 is 11.9 Å². The maximum absolute atomic E-state index is 11.6. The summed E-state index contributed by atoms with van der Waals surface area (Å²) in [6.07, 6.45) is 18.8. The molecule has 0 aliphatic carbocycles. The minimum atomic E-state index is -0.769. The van der Waals surface area contributed by atoms with E-state index in [1.165, 1.54) is 51.4 Å². The molecule has 1 atom stereocenters. The standard InChI is InChI=1S/C24H46O5/c1-2-3-4-12-17-22(25)18-13-9-7-5-6-8-10-15-20-24(28)29-21-16-11-14-19-23(26)27/h22,25H,2-21H2,1H3,(H,26,27). The molecule has 0 aromatic carbocycles. The first-order valence-electron chi connectivity index (χ1n) is 12.1. The summed E-state index contributed by atoms with van der Waals surface area (Å²) in [4.78, 5) is 22.0. The number of ether oxygens (including phenoxy) is 1. The van der Waals surface area contributed by atoms with Gasteiger partial charge in [0.2, 0.25) is 0 Å². The summed E-state index contributed by atoms with van der Waals surface area (Å²) in [6, 6.07) is 0. The Hall–Kier alpha value is -1.10. The van der Waals surface area contributed by atoms with E-state index in [1.54, 1.807) is 0 Å². The Morgan fingerprint density at radius 2 is 1.17 bits per heavy atom. The summed E-state index contributed by atoms with van der Waals surface area (Å²) in [6.45, 7) is 2.62. The number of carbonyl (C=O) groups is 2. The van der Waals surface area contributed by atoms with E-state index in [4.69, 9.17) is 9.84 Å². The Balaban J connectivity index is 3.24. The van der Waals surface area contributed by atoms with Crippen molar-refractivity contribution in [3.63, 3.8) is 0 Å². The zero-order valence-corrected chi connectivity index (χ0v) is 18.8. The number of aliphatic hydroxyl groups is 1. The maximum Gasteiger partial charge on any atom is 0.305 e. The molecule has 172 valence electrons. The van der Waals surface area contributed by atoms with Gasteiger partial charge in [-0.15, -0.1) is 0 Å². The van der Waals surface area contributed by atoms with E-state index in [0.29, 0.717) is 19.4 Å². The van der Waals surface area contributed by atoms with Crippen molar-refractivity contribution in [2.45, 2.75) is 135 Å². The van der Waals surface area contributed by atoms with Crippen molar-refractivity contribution in [3.8, 4) is 0 Å². The summed E-state index contributed by atoms with van der Waals surface area (Å²) in [5, 5.41) is 18.5. The van der Waals surface area contributed by atoms with Crippen molar-refractivity contribution in [2.24, 2.45) is 0 Å². The number of carboxylic acid groups (broad SMARTS) is 1. The van der Waals surface area contributed by atoms with Crippen molar-refractivity contribution in [2.75, 3.05) is 6.61 Å². The number of carbonyl (C=O) groups excluding carboxylic acids is 1. The van der Waals surface area contributed by atoms with Gasteiger partial charge in [-0.3, -0.25) is 9.59 Å². The molecule has 0 aromatic rings. The summed E-state index contributed by atoms with van der Waals surface area (Å²) in [5.74, 6) is -0.898. The third-order valence-corrected chi connectivity index (χ3v) is 5.36. The minimum absolute atomic E-state index is 0.101. The first-order chi connectivity index (χ1) is 14.1. The molecule has 5 heteroatoms. The molecule has 0 aromatic heterocycles. The molecular formula is C24H46O5. The van der Waals surface area contributed by atoms with Gasteiger partial charge in [0.25, 0.3) is 0 Å². The average Bonchev–Trinajstić information content (AvgIpc) is 2.69. The van der Waals surface area contributed by atoms with Crippen LogP contribution in [0.25, 0.3) is 0 Å². The lowest BCUT2D eigenvalue weighted by molar-refractivity contribution is -0.144. The van der Waals surface area contributed by atoms with Crippen LogP contribution in [0.3, 0.4) is 0 Å².